The molecule has 3 aromatic rings. The molecule has 0 bridgehead atoms. The van der Waals surface area contributed by atoms with Crippen LogP contribution in [0.2, 0.25) is 0 Å². The van der Waals surface area contributed by atoms with E-state index in [-0.39, 0.29) is 12.4 Å². The van der Waals surface area contributed by atoms with Crippen molar-refractivity contribution in [1.82, 2.24) is 9.66 Å². The van der Waals surface area contributed by atoms with Crippen LogP contribution in [0.15, 0.2) is 46.3 Å². The van der Waals surface area contributed by atoms with Crippen LogP contribution in [0.4, 0.5) is 0 Å². The fraction of sp³-hybridized carbons (Fsp3) is 0.167. The summed E-state index contributed by atoms with van der Waals surface area (Å²) in [5.74, 6) is 7.34. The van der Waals surface area contributed by atoms with Crippen molar-refractivity contribution >= 4 is 28.6 Å². The Balaban J connectivity index is 1.65. The monoisotopic (exact) mass is 385 g/mol. The Bertz CT molecular complexity index is 1110. The molecule has 8 nitrogen and oxygen atoms in total. The van der Waals surface area contributed by atoms with E-state index in [2.05, 4.69) is 4.98 Å². The van der Waals surface area contributed by atoms with Gasteiger partial charge in [0, 0.05) is 5.75 Å². The number of hydrogen-bond acceptors (Lipinski definition) is 8. The number of nitrogens with two attached hydrogens (primary N) is 1. The van der Waals surface area contributed by atoms with Crippen LogP contribution in [-0.2, 0) is 10.5 Å². The van der Waals surface area contributed by atoms with E-state index in [1.807, 2.05) is 18.2 Å². The number of esters is 1. The maximum Gasteiger partial charge on any atom is 0.337 e. The number of ether oxygens (including phenoxy) is 3. The number of carbonyl (C=O) groups excluding carboxylic acids is 1. The van der Waals surface area contributed by atoms with Crippen molar-refractivity contribution in [3.63, 3.8) is 0 Å². The molecule has 0 unspecified atom stereocenters. The van der Waals surface area contributed by atoms with Gasteiger partial charge in [-0.1, -0.05) is 17.8 Å². The Kier molecular flexibility index (Phi) is 4.36. The van der Waals surface area contributed by atoms with Gasteiger partial charge in [-0.15, -0.1) is 0 Å². The summed E-state index contributed by atoms with van der Waals surface area (Å²) in [5.41, 5.74) is 1.29. The summed E-state index contributed by atoms with van der Waals surface area (Å²) >= 11 is 1.31. The van der Waals surface area contributed by atoms with E-state index in [1.54, 1.807) is 0 Å². The normalized spacial score (nSPS) is 12.3. The summed E-state index contributed by atoms with van der Waals surface area (Å²) in [6.07, 6.45) is 0. The molecule has 0 aliphatic carbocycles. The van der Waals surface area contributed by atoms with E-state index >= 15 is 0 Å². The molecule has 0 amide bonds. The minimum atomic E-state index is -0.495. The van der Waals surface area contributed by atoms with Crippen LogP contribution in [0, 0.1) is 0 Å². The van der Waals surface area contributed by atoms with E-state index in [0.717, 1.165) is 10.2 Å². The largest absolute Gasteiger partial charge is 0.465 e. The van der Waals surface area contributed by atoms with Crippen molar-refractivity contribution in [2.45, 2.75) is 10.9 Å². The van der Waals surface area contributed by atoms with Crippen LogP contribution in [0.25, 0.3) is 10.9 Å². The van der Waals surface area contributed by atoms with E-state index in [4.69, 9.17) is 20.1 Å². The number of carbonyl (C=O) groups is 1. The third kappa shape index (κ3) is 3.17. The molecule has 2 aromatic carbocycles. The van der Waals surface area contributed by atoms with Crippen LogP contribution in [0.5, 0.6) is 11.5 Å². The van der Waals surface area contributed by atoms with E-state index < -0.39 is 5.97 Å². The van der Waals surface area contributed by atoms with Crippen LogP contribution in [-0.4, -0.2) is 29.5 Å². The average Bonchev–Trinajstić information content (AvgIpc) is 3.16. The third-order valence-electron chi connectivity index (χ3n) is 4.10. The molecule has 4 rings (SSSR count). The van der Waals surface area contributed by atoms with Crippen molar-refractivity contribution in [2.75, 3.05) is 19.7 Å². The smallest absolute Gasteiger partial charge is 0.337 e. The van der Waals surface area contributed by atoms with Crippen LogP contribution in [0.3, 0.4) is 0 Å². The number of thioether (sulfide) groups is 1. The molecule has 0 saturated heterocycles. The lowest BCUT2D eigenvalue weighted by atomic mass is 10.1. The summed E-state index contributed by atoms with van der Waals surface area (Å²) in [5, 5.41) is 0.671. The fourth-order valence-corrected chi connectivity index (χ4v) is 3.56. The summed E-state index contributed by atoms with van der Waals surface area (Å²) in [6.45, 7) is 0.211. The molecule has 0 saturated carbocycles. The Morgan fingerprint density at radius 1 is 1.26 bits per heavy atom. The number of nitrogen functional groups attached to an aromatic ring is 1. The number of rotatable bonds is 4. The number of nitrogens with zero attached hydrogens (tertiary/aromatic N) is 2. The Hall–Kier alpha value is -3.20. The van der Waals surface area contributed by atoms with Crippen LogP contribution in [0.1, 0.15) is 15.9 Å². The first-order valence-corrected chi connectivity index (χ1v) is 8.97. The molecule has 1 aliphatic rings. The first-order valence-electron chi connectivity index (χ1n) is 7.98. The number of aromatic nitrogens is 2. The van der Waals surface area contributed by atoms with Crippen LogP contribution >= 0.6 is 11.8 Å². The van der Waals surface area contributed by atoms with Crippen molar-refractivity contribution in [2.24, 2.45) is 0 Å². The first kappa shape index (κ1) is 17.2. The second-order valence-corrected chi connectivity index (χ2v) is 6.71. The Morgan fingerprint density at radius 3 is 2.89 bits per heavy atom. The fourth-order valence-electron chi connectivity index (χ4n) is 2.70. The van der Waals surface area contributed by atoms with Gasteiger partial charge < -0.3 is 20.1 Å². The summed E-state index contributed by atoms with van der Waals surface area (Å²) in [6, 6.07) is 10.2. The van der Waals surface area contributed by atoms with Crippen molar-refractivity contribution in [1.29, 1.82) is 0 Å². The van der Waals surface area contributed by atoms with E-state index in [1.165, 1.54) is 37.1 Å². The lowest BCUT2D eigenvalue weighted by Crippen LogP contribution is -2.29. The number of fused-ring (bicyclic) bond motifs is 2. The van der Waals surface area contributed by atoms with Gasteiger partial charge in [0.05, 0.1) is 23.6 Å². The Labute approximate surface area is 157 Å². The number of methoxy groups -OCH3 is 1. The second-order valence-electron chi connectivity index (χ2n) is 5.77. The molecule has 1 aliphatic heterocycles. The van der Waals surface area contributed by atoms with E-state index in [0.29, 0.717) is 38.9 Å². The molecule has 2 N–H and O–H groups in total. The molecule has 0 fully saturated rings. The molecule has 0 radical (unpaired) electrons. The first-order chi connectivity index (χ1) is 13.1. The highest BCUT2D eigenvalue weighted by Gasteiger charge is 2.15. The average molecular weight is 385 g/mol. The molecular weight excluding hydrogens is 370 g/mol. The lowest BCUT2D eigenvalue weighted by Gasteiger charge is -2.09. The SMILES string of the molecule is COC(=O)c1ccc2c(=O)n(N)c(SCc3ccc4c(c3)OCO4)nc2c1. The van der Waals surface area contributed by atoms with Gasteiger partial charge in [0.2, 0.25) is 6.79 Å². The third-order valence-corrected chi connectivity index (χ3v) is 5.12. The van der Waals surface area contributed by atoms with Gasteiger partial charge in [-0.25, -0.2) is 14.5 Å². The molecule has 0 atom stereocenters. The Morgan fingerprint density at radius 2 is 2.07 bits per heavy atom. The predicted molar refractivity (Wildman–Crippen MR) is 99.6 cm³/mol. The maximum absolute atomic E-state index is 12.5. The standard InChI is InChI=1S/C18H15N3O5S/c1-24-17(23)11-3-4-12-13(7-11)20-18(21(19)16(12)22)27-8-10-2-5-14-15(6-10)26-9-25-14/h2-7H,8-9,19H2,1H3. The zero-order chi connectivity index (χ0) is 19.0. The molecular formula is C18H15N3O5S. The van der Waals surface area contributed by atoms with Gasteiger partial charge in [0.25, 0.3) is 5.56 Å². The van der Waals surface area contributed by atoms with E-state index in [9.17, 15) is 9.59 Å². The van der Waals surface area contributed by atoms with Gasteiger partial charge in [-0.2, -0.15) is 0 Å². The summed E-state index contributed by atoms with van der Waals surface area (Å²) in [7, 11) is 1.30. The van der Waals surface area contributed by atoms with Gasteiger partial charge in [-0.05, 0) is 35.9 Å². The van der Waals surface area contributed by atoms with Gasteiger partial charge in [0.1, 0.15) is 0 Å². The molecule has 27 heavy (non-hydrogen) atoms. The minimum Gasteiger partial charge on any atom is -0.465 e. The number of hydrogen-bond donors (Lipinski definition) is 1. The molecule has 1 aromatic heterocycles. The lowest BCUT2D eigenvalue weighted by molar-refractivity contribution is 0.0601. The zero-order valence-corrected chi connectivity index (χ0v) is 15.1. The quantitative estimate of drug-likeness (QED) is 0.314. The van der Waals surface area contributed by atoms with Gasteiger partial charge in [0.15, 0.2) is 16.7 Å². The highest BCUT2D eigenvalue weighted by atomic mass is 32.2. The number of benzene rings is 2. The summed E-state index contributed by atoms with van der Waals surface area (Å²) in [4.78, 5) is 28.6. The highest BCUT2D eigenvalue weighted by molar-refractivity contribution is 7.98. The van der Waals surface area contributed by atoms with Crippen LogP contribution < -0.4 is 20.9 Å². The predicted octanol–water partition coefficient (Wildman–Crippen LogP) is 1.92. The minimum absolute atomic E-state index is 0.211. The van der Waals surface area contributed by atoms with Gasteiger partial charge >= 0.3 is 5.97 Å². The van der Waals surface area contributed by atoms with Crippen molar-refractivity contribution in [3.05, 3.63) is 57.9 Å². The topological polar surface area (TPSA) is 106 Å². The highest BCUT2D eigenvalue weighted by Crippen LogP contribution is 2.34. The second kappa shape index (κ2) is 6.84. The van der Waals surface area contributed by atoms with Crippen molar-refractivity contribution in [3.8, 4) is 11.5 Å². The molecule has 9 heteroatoms. The maximum atomic E-state index is 12.5. The van der Waals surface area contributed by atoms with Gasteiger partial charge in [-0.3, -0.25) is 4.79 Å². The summed E-state index contributed by atoms with van der Waals surface area (Å²) < 4.78 is 16.4. The molecule has 138 valence electrons. The molecule has 0 spiro atoms. The van der Waals surface area contributed by atoms with Crippen molar-refractivity contribution < 1.29 is 19.0 Å². The zero-order valence-electron chi connectivity index (χ0n) is 14.3. The molecule has 2 heterocycles.